The molecule has 26 heavy (non-hydrogen) atoms. The number of alkyl halides is 3. The number of sulfone groups is 1. The maximum atomic E-state index is 12.7. The Balaban J connectivity index is 1.90. The number of benzene rings is 1. The van der Waals surface area contributed by atoms with Gasteiger partial charge in [-0.05, 0) is 31.5 Å². The number of H-pyrrole nitrogens is 1. The molecule has 1 atom stereocenters. The van der Waals surface area contributed by atoms with E-state index in [2.05, 4.69) is 10.1 Å². The summed E-state index contributed by atoms with van der Waals surface area (Å²) in [5.74, 6) is -0.0904. The van der Waals surface area contributed by atoms with Crippen LogP contribution in [0.5, 0.6) is 0 Å². The van der Waals surface area contributed by atoms with Gasteiger partial charge in [0.15, 0.2) is 9.84 Å². The van der Waals surface area contributed by atoms with Gasteiger partial charge in [0.25, 0.3) is 5.56 Å². The van der Waals surface area contributed by atoms with Crippen molar-refractivity contribution in [2.45, 2.75) is 25.6 Å². The fourth-order valence-electron chi connectivity index (χ4n) is 2.87. The molecule has 6 nitrogen and oxygen atoms in total. The van der Waals surface area contributed by atoms with Crippen LogP contribution >= 0.6 is 0 Å². The Morgan fingerprint density at radius 1 is 1.35 bits per heavy atom. The molecule has 2 heterocycles. The molecule has 1 saturated heterocycles. The third-order valence-electron chi connectivity index (χ3n) is 4.23. The minimum atomic E-state index is -4.48. The molecule has 1 fully saturated rings. The van der Waals surface area contributed by atoms with E-state index in [9.17, 15) is 26.4 Å². The van der Waals surface area contributed by atoms with E-state index in [1.165, 1.54) is 23.0 Å². The molecule has 1 aromatic heterocycles. The molecule has 0 bridgehead atoms. The molecular weight excluding hydrogens is 371 g/mol. The molecule has 140 valence electrons. The summed E-state index contributed by atoms with van der Waals surface area (Å²) >= 11 is 0. The SMILES string of the molecule is Cc1[nH]n([C@H]2CCS(=O)(=O)C2)c(=O)c1C=Nc1cccc(C(F)(F)F)c1. The molecule has 0 unspecified atom stereocenters. The second kappa shape index (κ2) is 6.42. The standard InChI is InChI=1S/C16H16F3N3O3S/c1-10-14(8-20-12-4-2-3-11(7-12)16(17,18)19)15(23)22(21-10)13-5-6-26(24,25)9-13/h2-4,7-8,13,21H,5-6,9H2,1H3/t13-/m0/s1. The van der Waals surface area contributed by atoms with Crippen LogP contribution in [0, 0.1) is 6.92 Å². The lowest BCUT2D eigenvalue weighted by Crippen LogP contribution is -2.25. The molecule has 2 aromatic rings. The summed E-state index contributed by atoms with van der Waals surface area (Å²) in [6.07, 6.45) is -2.94. The highest BCUT2D eigenvalue weighted by atomic mass is 32.2. The topological polar surface area (TPSA) is 84.3 Å². The number of aryl methyl sites for hydroxylation is 1. The lowest BCUT2D eigenvalue weighted by molar-refractivity contribution is -0.137. The van der Waals surface area contributed by atoms with E-state index in [4.69, 9.17) is 0 Å². The molecule has 0 amide bonds. The Morgan fingerprint density at radius 3 is 2.69 bits per heavy atom. The second-order valence-electron chi connectivity index (χ2n) is 6.19. The number of aliphatic imine (C=N–C) groups is 1. The van der Waals surface area contributed by atoms with E-state index >= 15 is 0 Å². The highest BCUT2D eigenvalue weighted by molar-refractivity contribution is 7.91. The van der Waals surface area contributed by atoms with E-state index in [0.29, 0.717) is 12.1 Å². The molecule has 0 aliphatic carbocycles. The highest BCUT2D eigenvalue weighted by Crippen LogP contribution is 2.31. The maximum absolute atomic E-state index is 12.7. The Kier molecular flexibility index (Phi) is 4.55. The number of hydrogen-bond acceptors (Lipinski definition) is 4. The van der Waals surface area contributed by atoms with Gasteiger partial charge in [0.05, 0.1) is 34.4 Å². The second-order valence-corrected chi connectivity index (χ2v) is 8.42. The van der Waals surface area contributed by atoms with Crippen molar-refractivity contribution < 1.29 is 21.6 Å². The summed E-state index contributed by atoms with van der Waals surface area (Å²) in [7, 11) is -3.16. The summed E-state index contributed by atoms with van der Waals surface area (Å²) in [6, 6.07) is 3.99. The molecule has 0 saturated carbocycles. The number of aromatic nitrogens is 2. The molecule has 1 aliphatic heterocycles. The first-order chi connectivity index (χ1) is 12.1. The van der Waals surface area contributed by atoms with Crippen LogP contribution in [0.3, 0.4) is 0 Å². The molecule has 3 rings (SSSR count). The Labute approximate surface area is 147 Å². The average Bonchev–Trinajstić information content (AvgIpc) is 3.04. The van der Waals surface area contributed by atoms with Crippen molar-refractivity contribution in [2.75, 3.05) is 11.5 Å². The predicted octanol–water partition coefficient (Wildman–Crippen LogP) is 2.61. The third kappa shape index (κ3) is 3.74. The van der Waals surface area contributed by atoms with E-state index in [1.807, 2.05) is 0 Å². The van der Waals surface area contributed by atoms with Crippen LogP contribution in [0.2, 0.25) is 0 Å². The summed E-state index contributed by atoms with van der Waals surface area (Å²) in [4.78, 5) is 16.5. The van der Waals surface area contributed by atoms with Crippen LogP contribution in [-0.2, 0) is 16.0 Å². The van der Waals surface area contributed by atoms with E-state index in [-0.39, 0.29) is 22.8 Å². The van der Waals surface area contributed by atoms with Crippen molar-refractivity contribution in [3.63, 3.8) is 0 Å². The van der Waals surface area contributed by atoms with Gasteiger partial charge >= 0.3 is 6.18 Å². The number of aromatic amines is 1. The van der Waals surface area contributed by atoms with Gasteiger partial charge in [-0.15, -0.1) is 0 Å². The van der Waals surface area contributed by atoms with Gasteiger partial charge in [0.1, 0.15) is 0 Å². The molecule has 1 aromatic carbocycles. The molecule has 10 heteroatoms. The van der Waals surface area contributed by atoms with E-state index in [0.717, 1.165) is 12.1 Å². The minimum Gasteiger partial charge on any atom is -0.299 e. The van der Waals surface area contributed by atoms with Gasteiger partial charge in [-0.25, -0.2) is 13.1 Å². The Morgan fingerprint density at radius 2 is 2.08 bits per heavy atom. The zero-order chi connectivity index (χ0) is 19.1. The normalized spacial score (nSPS) is 20.1. The summed E-state index contributed by atoms with van der Waals surface area (Å²) in [5.41, 5.74) is -0.552. The number of halogens is 3. The lowest BCUT2D eigenvalue weighted by Gasteiger charge is -2.07. The molecule has 1 aliphatic rings. The average molecular weight is 387 g/mol. The monoisotopic (exact) mass is 387 g/mol. The Bertz CT molecular complexity index is 1020. The largest absolute Gasteiger partial charge is 0.416 e. The van der Waals surface area contributed by atoms with Crippen LogP contribution in [0.15, 0.2) is 34.1 Å². The van der Waals surface area contributed by atoms with Crippen LogP contribution in [-0.4, -0.2) is 35.9 Å². The summed E-state index contributed by atoms with van der Waals surface area (Å²) < 4.78 is 62.7. The van der Waals surface area contributed by atoms with Gasteiger partial charge in [-0.3, -0.25) is 14.9 Å². The number of rotatable bonds is 3. The summed E-state index contributed by atoms with van der Waals surface area (Å²) in [5, 5.41) is 2.83. The summed E-state index contributed by atoms with van der Waals surface area (Å²) in [6.45, 7) is 1.62. The molecule has 1 N–H and O–H groups in total. The van der Waals surface area contributed by atoms with Crippen LogP contribution in [0.1, 0.15) is 29.3 Å². The van der Waals surface area contributed by atoms with Crippen molar-refractivity contribution in [3.05, 3.63) is 51.4 Å². The fourth-order valence-corrected chi connectivity index (χ4v) is 4.57. The number of nitrogens with one attached hydrogen (secondary N) is 1. The Hall–Kier alpha value is -2.36. The minimum absolute atomic E-state index is 0.0236. The van der Waals surface area contributed by atoms with Gasteiger partial charge in [-0.1, -0.05) is 6.07 Å². The number of hydrogen-bond donors (Lipinski definition) is 1. The quantitative estimate of drug-likeness (QED) is 0.822. The number of nitrogens with zero attached hydrogens (tertiary/aromatic N) is 2. The highest BCUT2D eigenvalue weighted by Gasteiger charge is 2.31. The first kappa shape index (κ1) is 18.4. The molecule has 0 radical (unpaired) electrons. The van der Waals surface area contributed by atoms with Gasteiger partial charge in [-0.2, -0.15) is 13.2 Å². The van der Waals surface area contributed by atoms with Crippen molar-refractivity contribution >= 4 is 21.7 Å². The zero-order valence-electron chi connectivity index (χ0n) is 13.7. The zero-order valence-corrected chi connectivity index (χ0v) is 14.6. The van der Waals surface area contributed by atoms with Crippen molar-refractivity contribution in [2.24, 2.45) is 4.99 Å². The van der Waals surface area contributed by atoms with Crippen molar-refractivity contribution in [1.82, 2.24) is 9.78 Å². The fraction of sp³-hybridized carbons (Fsp3) is 0.375. The predicted molar refractivity (Wildman–Crippen MR) is 90.8 cm³/mol. The maximum Gasteiger partial charge on any atom is 0.416 e. The van der Waals surface area contributed by atoms with Crippen LogP contribution < -0.4 is 5.56 Å². The van der Waals surface area contributed by atoms with E-state index in [1.54, 1.807) is 6.92 Å². The van der Waals surface area contributed by atoms with E-state index < -0.39 is 33.2 Å². The van der Waals surface area contributed by atoms with Crippen LogP contribution in [0.4, 0.5) is 18.9 Å². The lowest BCUT2D eigenvalue weighted by atomic mass is 10.2. The van der Waals surface area contributed by atoms with Gasteiger partial charge in [0.2, 0.25) is 0 Å². The van der Waals surface area contributed by atoms with Gasteiger partial charge in [0, 0.05) is 11.9 Å². The third-order valence-corrected chi connectivity index (χ3v) is 5.98. The first-order valence-electron chi connectivity index (χ1n) is 7.80. The molecule has 0 spiro atoms. The smallest absolute Gasteiger partial charge is 0.299 e. The van der Waals surface area contributed by atoms with Gasteiger partial charge < -0.3 is 0 Å². The molecular formula is C16H16F3N3O3S. The van der Waals surface area contributed by atoms with Crippen molar-refractivity contribution in [3.8, 4) is 0 Å². The first-order valence-corrected chi connectivity index (χ1v) is 9.62. The van der Waals surface area contributed by atoms with Crippen LogP contribution in [0.25, 0.3) is 0 Å². The van der Waals surface area contributed by atoms with Crippen molar-refractivity contribution in [1.29, 1.82) is 0 Å².